The number of nitrogens with zero attached hydrogens (tertiary/aromatic N) is 1. The molecule has 2 N–H and O–H groups in total. The van der Waals surface area contributed by atoms with E-state index in [0.717, 1.165) is 18.9 Å². The SMILES string of the molecule is NCC1(c2ncccc2C(F)(F)F)CCCC1. The second-order valence-corrected chi connectivity index (χ2v) is 4.59. The van der Waals surface area contributed by atoms with Crippen LogP contribution in [-0.2, 0) is 11.6 Å². The predicted molar refractivity (Wildman–Crippen MR) is 58.4 cm³/mol. The van der Waals surface area contributed by atoms with E-state index in [4.69, 9.17) is 5.73 Å². The molecule has 0 spiro atoms. The lowest BCUT2D eigenvalue weighted by Gasteiger charge is -2.29. The third-order valence-electron chi connectivity index (χ3n) is 3.57. The van der Waals surface area contributed by atoms with Crippen LogP contribution in [0.2, 0.25) is 0 Å². The standard InChI is InChI=1S/C12H15F3N2/c13-12(14,15)9-4-3-7-17-10(9)11(8-16)5-1-2-6-11/h3-4,7H,1-2,5-6,8,16H2. The van der Waals surface area contributed by atoms with Crippen LogP contribution in [0.5, 0.6) is 0 Å². The van der Waals surface area contributed by atoms with E-state index in [1.807, 2.05) is 0 Å². The Hall–Kier alpha value is -1.10. The van der Waals surface area contributed by atoms with Crippen molar-refractivity contribution < 1.29 is 13.2 Å². The molecule has 0 saturated heterocycles. The summed E-state index contributed by atoms with van der Waals surface area (Å²) < 4.78 is 38.8. The minimum absolute atomic E-state index is 0.132. The summed E-state index contributed by atoms with van der Waals surface area (Å²) in [7, 11) is 0. The third kappa shape index (κ3) is 2.16. The van der Waals surface area contributed by atoms with Gasteiger partial charge in [0.1, 0.15) is 0 Å². The molecule has 17 heavy (non-hydrogen) atoms. The minimum atomic E-state index is -4.35. The molecule has 5 heteroatoms. The van der Waals surface area contributed by atoms with Gasteiger partial charge >= 0.3 is 6.18 Å². The van der Waals surface area contributed by atoms with Crippen LogP contribution in [0.3, 0.4) is 0 Å². The molecule has 0 aliphatic heterocycles. The number of hydrogen-bond donors (Lipinski definition) is 1. The van der Waals surface area contributed by atoms with Gasteiger partial charge in [0.05, 0.1) is 11.3 Å². The Kier molecular flexibility index (Phi) is 3.12. The molecule has 2 rings (SSSR count). The van der Waals surface area contributed by atoms with Crippen LogP contribution >= 0.6 is 0 Å². The summed E-state index contributed by atoms with van der Waals surface area (Å²) in [6.07, 6.45) is 0.304. The van der Waals surface area contributed by atoms with Gasteiger partial charge in [-0.15, -0.1) is 0 Å². The third-order valence-corrected chi connectivity index (χ3v) is 3.57. The van der Waals surface area contributed by atoms with Crippen LogP contribution in [0.25, 0.3) is 0 Å². The largest absolute Gasteiger partial charge is 0.418 e. The zero-order chi connectivity index (χ0) is 12.5. The van der Waals surface area contributed by atoms with Crippen molar-refractivity contribution in [3.05, 3.63) is 29.6 Å². The number of rotatable bonds is 2. The van der Waals surface area contributed by atoms with Gasteiger partial charge in [0.15, 0.2) is 0 Å². The second kappa shape index (κ2) is 4.29. The lowest BCUT2D eigenvalue weighted by molar-refractivity contribution is -0.139. The Bertz CT molecular complexity index is 395. The van der Waals surface area contributed by atoms with Crippen molar-refractivity contribution in [2.45, 2.75) is 37.3 Å². The Balaban J connectivity index is 2.51. The molecule has 1 fully saturated rings. The summed E-state index contributed by atoms with van der Waals surface area (Å²) in [5.74, 6) is 0. The molecule has 1 aromatic rings. The second-order valence-electron chi connectivity index (χ2n) is 4.59. The maximum Gasteiger partial charge on any atom is 0.418 e. The highest BCUT2D eigenvalue weighted by Gasteiger charge is 2.43. The number of halogens is 3. The van der Waals surface area contributed by atoms with Crippen molar-refractivity contribution in [3.8, 4) is 0 Å². The zero-order valence-electron chi connectivity index (χ0n) is 9.43. The highest BCUT2D eigenvalue weighted by Crippen LogP contribution is 2.44. The average molecular weight is 244 g/mol. The molecule has 0 aromatic carbocycles. The van der Waals surface area contributed by atoms with Gasteiger partial charge in [0, 0.05) is 18.2 Å². The number of alkyl halides is 3. The van der Waals surface area contributed by atoms with E-state index in [1.54, 1.807) is 0 Å². The first kappa shape index (κ1) is 12.4. The van der Waals surface area contributed by atoms with Crippen LogP contribution < -0.4 is 5.73 Å². The van der Waals surface area contributed by atoms with Crippen LogP contribution in [0.4, 0.5) is 13.2 Å². The summed E-state index contributed by atoms with van der Waals surface area (Å²) in [5, 5.41) is 0. The van der Waals surface area contributed by atoms with Crippen molar-refractivity contribution in [2.24, 2.45) is 5.73 Å². The topological polar surface area (TPSA) is 38.9 Å². The average Bonchev–Trinajstić information content (AvgIpc) is 2.78. The molecule has 1 saturated carbocycles. The summed E-state index contributed by atoms with van der Waals surface area (Å²) in [5.41, 5.74) is 4.63. The molecule has 0 radical (unpaired) electrons. The molecule has 1 aliphatic carbocycles. The predicted octanol–water partition coefficient (Wildman–Crippen LogP) is 2.87. The number of nitrogens with two attached hydrogens (primary N) is 1. The molecule has 0 bridgehead atoms. The normalized spacial score (nSPS) is 19.5. The number of pyridine rings is 1. The van der Waals surface area contributed by atoms with Crippen LogP contribution in [0, 0.1) is 0 Å². The molecule has 0 amide bonds. The first-order valence-electron chi connectivity index (χ1n) is 5.72. The Labute approximate surface area is 98.0 Å². The highest BCUT2D eigenvalue weighted by molar-refractivity contribution is 5.31. The van der Waals surface area contributed by atoms with Gasteiger partial charge in [0.2, 0.25) is 0 Å². The van der Waals surface area contributed by atoms with E-state index in [9.17, 15) is 13.2 Å². The van der Waals surface area contributed by atoms with E-state index < -0.39 is 17.2 Å². The maximum atomic E-state index is 12.9. The van der Waals surface area contributed by atoms with Gasteiger partial charge in [0.25, 0.3) is 0 Å². The lowest BCUT2D eigenvalue weighted by atomic mass is 9.80. The summed E-state index contributed by atoms with van der Waals surface area (Å²) in [6.45, 7) is 0.229. The van der Waals surface area contributed by atoms with Gasteiger partial charge in [-0.25, -0.2) is 0 Å². The minimum Gasteiger partial charge on any atom is -0.330 e. The van der Waals surface area contributed by atoms with Crippen LogP contribution in [-0.4, -0.2) is 11.5 Å². The molecule has 0 atom stereocenters. The molecular formula is C12H15F3N2. The highest BCUT2D eigenvalue weighted by atomic mass is 19.4. The van der Waals surface area contributed by atoms with Crippen LogP contribution in [0.15, 0.2) is 18.3 Å². The van der Waals surface area contributed by atoms with Gasteiger partial charge in [-0.05, 0) is 25.0 Å². The first-order chi connectivity index (χ1) is 7.99. The van der Waals surface area contributed by atoms with Crippen LogP contribution in [0.1, 0.15) is 36.9 Å². The molecular weight excluding hydrogens is 229 g/mol. The van der Waals surface area contributed by atoms with Crippen molar-refractivity contribution >= 4 is 0 Å². The molecule has 1 aromatic heterocycles. The van der Waals surface area contributed by atoms with Gasteiger partial charge in [-0.2, -0.15) is 13.2 Å². The van der Waals surface area contributed by atoms with E-state index in [1.165, 1.54) is 12.3 Å². The molecule has 1 aliphatic rings. The molecule has 94 valence electrons. The maximum absolute atomic E-state index is 12.9. The number of aromatic nitrogens is 1. The molecule has 1 heterocycles. The quantitative estimate of drug-likeness (QED) is 0.868. The van der Waals surface area contributed by atoms with Crippen molar-refractivity contribution in [2.75, 3.05) is 6.54 Å². The fraction of sp³-hybridized carbons (Fsp3) is 0.583. The zero-order valence-corrected chi connectivity index (χ0v) is 9.43. The fourth-order valence-corrected chi connectivity index (χ4v) is 2.65. The van der Waals surface area contributed by atoms with Crippen molar-refractivity contribution in [1.82, 2.24) is 4.98 Å². The van der Waals surface area contributed by atoms with E-state index in [0.29, 0.717) is 12.8 Å². The Morgan fingerprint density at radius 3 is 2.47 bits per heavy atom. The Morgan fingerprint density at radius 1 is 1.29 bits per heavy atom. The van der Waals surface area contributed by atoms with Crippen molar-refractivity contribution in [1.29, 1.82) is 0 Å². The summed E-state index contributed by atoms with van der Waals surface area (Å²) >= 11 is 0. The Morgan fingerprint density at radius 2 is 1.94 bits per heavy atom. The van der Waals surface area contributed by atoms with Gasteiger partial charge in [-0.3, -0.25) is 4.98 Å². The smallest absolute Gasteiger partial charge is 0.330 e. The first-order valence-corrected chi connectivity index (χ1v) is 5.72. The number of hydrogen-bond acceptors (Lipinski definition) is 2. The van der Waals surface area contributed by atoms with E-state index in [-0.39, 0.29) is 12.2 Å². The fourth-order valence-electron chi connectivity index (χ4n) is 2.65. The molecule has 2 nitrogen and oxygen atoms in total. The van der Waals surface area contributed by atoms with Gasteiger partial charge < -0.3 is 5.73 Å². The molecule has 0 unspecified atom stereocenters. The lowest BCUT2D eigenvalue weighted by Crippen LogP contribution is -2.35. The van der Waals surface area contributed by atoms with E-state index in [2.05, 4.69) is 4.98 Å². The van der Waals surface area contributed by atoms with E-state index >= 15 is 0 Å². The van der Waals surface area contributed by atoms with Gasteiger partial charge in [-0.1, -0.05) is 12.8 Å². The van der Waals surface area contributed by atoms with Crippen molar-refractivity contribution in [3.63, 3.8) is 0 Å². The summed E-state index contributed by atoms with van der Waals surface area (Å²) in [6, 6.07) is 2.42. The monoisotopic (exact) mass is 244 g/mol. The summed E-state index contributed by atoms with van der Waals surface area (Å²) in [4.78, 5) is 3.97.